The number of ether oxygens (including phenoxy) is 1. The second-order valence-electron chi connectivity index (χ2n) is 7.08. The summed E-state index contributed by atoms with van der Waals surface area (Å²) >= 11 is 13.5. The molecule has 3 aromatic rings. The lowest BCUT2D eigenvalue weighted by Crippen LogP contribution is -2.51. The molecule has 0 radical (unpaired) electrons. The van der Waals surface area contributed by atoms with E-state index in [0.29, 0.717) is 53.5 Å². The number of thiazole rings is 1. The lowest BCUT2D eigenvalue weighted by atomic mass is 10.2. The molecule has 1 saturated heterocycles. The number of aromatic nitrogens is 2. The molecule has 1 amide bonds. The van der Waals surface area contributed by atoms with Gasteiger partial charge in [-0.05, 0) is 25.1 Å². The van der Waals surface area contributed by atoms with Crippen molar-refractivity contribution in [2.45, 2.75) is 19.6 Å². The lowest BCUT2D eigenvalue weighted by molar-refractivity contribution is -0.139. The number of nitrogens with zero attached hydrogens (tertiary/aromatic N) is 4. The van der Waals surface area contributed by atoms with Gasteiger partial charge in [-0.1, -0.05) is 23.2 Å². The van der Waals surface area contributed by atoms with E-state index < -0.39 is 6.10 Å². The van der Waals surface area contributed by atoms with Crippen molar-refractivity contribution in [1.82, 2.24) is 19.2 Å². The fraction of sp³-hybridized carbons (Fsp3) is 0.350. The van der Waals surface area contributed by atoms with Crippen LogP contribution in [0.4, 0.5) is 0 Å². The van der Waals surface area contributed by atoms with Crippen LogP contribution in [0.2, 0.25) is 10.0 Å². The Bertz CT molecular complexity index is 1120. The van der Waals surface area contributed by atoms with Crippen molar-refractivity contribution in [3.8, 4) is 5.75 Å². The Hall–Kier alpha value is -2.13. The van der Waals surface area contributed by atoms with Crippen LogP contribution < -0.4 is 10.3 Å². The third kappa shape index (κ3) is 4.62. The molecule has 0 N–H and O–H groups in total. The zero-order valence-electron chi connectivity index (χ0n) is 16.3. The van der Waals surface area contributed by atoms with Gasteiger partial charge in [0.05, 0.1) is 10.7 Å². The number of halogens is 2. The lowest BCUT2D eigenvalue weighted by Gasteiger charge is -2.35. The van der Waals surface area contributed by atoms with Crippen LogP contribution in [0.3, 0.4) is 0 Å². The van der Waals surface area contributed by atoms with Crippen molar-refractivity contribution in [3.63, 3.8) is 0 Å². The van der Waals surface area contributed by atoms with E-state index in [2.05, 4.69) is 9.88 Å². The Morgan fingerprint density at radius 2 is 2.00 bits per heavy atom. The predicted octanol–water partition coefficient (Wildman–Crippen LogP) is 3.17. The summed E-state index contributed by atoms with van der Waals surface area (Å²) in [6.45, 7) is 4.87. The van der Waals surface area contributed by atoms with Crippen LogP contribution in [0.5, 0.6) is 5.75 Å². The molecular weight excluding hydrogens is 447 g/mol. The van der Waals surface area contributed by atoms with E-state index >= 15 is 0 Å². The van der Waals surface area contributed by atoms with Crippen LogP contribution in [-0.2, 0) is 11.3 Å². The van der Waals surface area contributed by atoms with E-state index in [1.54, 1.807) is 46.7 Å². The summed E-state index contributed by atoms with van der Waals surface area (Å²) in [6, 6.07) is 6.49. The molecule has 30 heavy (non-hydrogen) atoms. The van der Waals surface area contributed by atoms with E-state index in [1.807, 2.05) is 5.38 Å². The van der Waals surface area contributed by atoms with Crippen LogP contribution in [0, 0.1) is 0 Å². The molecule has 0 aliphatic carbocycles. The largest absolute Gasteiger partial charge is 0.479 e. The minimum absolute atomic E-state index is 0.0723. The molecule has 0 saturated carbocycles. The molecule has 10 heteroatoms. The average Bonchev–Trinajstić information content (AvgIpc) is 3.19. The summed E-state index contributed by atoms with van der Waals surface area (Å²) in [4.78, 5) is 34.1. The van der Waals surface area contributed by atoms with E-state index in [9.17, 15) is 9.59 Å². The second kappa shape index (κ2) is 8.93. The normalized spacial score (nSPS) is 16.0. The Morgan fingerprint density at radius 1 is 1.23 bits per heavy atom. The second-order valence-corrected chi connectivity index (χ2v) is 8.79. The van der Waals surface area contributed by atoms with Gasteiger partial charge in [-0.2, -0.15) is 0 Å². The Kier molecular flexibility index (Phi) is 6.29. The Morgan fingerprint density at radius 3 is 2.73 bits per heavy atom. The van der Waals surface area contributed by atoms with Gasteiger partial charge >= 0.3 is 0 Å². The van der Waals surface area contributed by atoms with Crippen molar-refractivity contribution >= 4 is 45.4 Å². The van der Waals surface area contributed by atoms with Crippen LogP contribution in [0.25, 0.3) is 4.96 Å². The SMILES string of the molecule is C[C@H](Oc1ccc(Cl)cc1Cl)C(=O)N1CCN(Cc2cc(=O)n3ccsc3n2)CC1. The monoisotopic (exact) mass is 466 g/mol. The number of carbonyl (C=O) groups excluding carboxylic acids is 1. The summed E-state index contributed by atoms with van der Waals surface area (Å²) in [7, 11) is 0. The zero-order chi connectivity index (χ0) is 21.3. The molecule has 1 aliphatic rings. The Labute approximate surface area is 187 Å². The fourth-order valence-corrected chi connectivity index (χ4v) is 4.58. The molecule has 1 aliphatic heterocycles. The highest BCUT2D eigenvalue weighted by molar-refractivity contribution is 7.15. The van der Waals surface area contributed by atoms with Gasteiger partial charge in [-0.3, -0.25) is 18.9 Å². The highest BCUT2D eigenvalue weighted by Crippen LogP contribution is 2.28. The molecule has 1 aromatic carbocycles. The number of fused-ring (bicyclic) bond motifs is 1. The third-order valence-electron chi connectivity index (χ3n) is 4.97. The topological polar surface area (TPSA) is 67.2 Å². The standard InChI is InChI=1S/C20H20Cl2N4O3S/c1-13(29-17-3-2-14(21)10-16(17)22)19(28)25-6-4-24(5-7-25)12-15-11-18(27)26-8-9-30-20(26)23-15/h2-3,8-11,13H,4-7,12H2,1H3/t13-/m0/s1. The van der Waals surface area contributed by atoms with Crippen LogP contribution in [0.1, 0.15) is 12.6 Å². The molecule has 1 fully saturated rings. The van der Waals surface area contributed by atoms with E-state index in [-0.39, 0.29) is 11.5 Å². The van der Waals surface area contributed by atoms with Crippen LogP contribution in [-0.4, -0.2) is 57.4 Å². The smallest absolute Gasteiger partial charge is 0.263 e. The van der Waals surface area contributed by atoms with E-state index in [1.165, 1.54) is 11.3 Å². The molecule has 7 nitrogen and oxygen atoms in total. The third-order valence-corrected chi connectivity index (χ3v) is 6.26. The maximum absolute atomic E-state index is 12.8. The molecule has 2 aromatic heterocycles. The first kappa shape index (κ1) is 21.1. The van der Waals surface area contributed by atoms with Crippen molar-refractivity contribution in [1.29, 1.82) is 0 Å². The number of piperazine rings is 1. The first-order chi connectivity index (χ1) is 14.4. The maximum Gasteiger partial charge on any atom is 0.263 e. The number of amides is 1. The molecule has 1 atom stereocenters. The van der Waals surface area contributed by atoms with Crippen molar-refractivity contribution in [3.05, 3.63) is 61.9 Å². The van der Waals surface area contributed by atoms with Gasteiger partial charge in [-0.15, -0.1) is 11.3 Å². The summed E-state index contributed by atoms with van der Waals surface area (Å²) in [5.74, 6) is 0.346. The molecule has 0 unspecified atom stereocenters. The quantitative estimate of drug-likeness (QED) is 0.577. The van der Waals surface area contributed by atoms with Crippen molar-refractivity contribution in [2.24, 2.45) is 0 Å². The van der Waals surface area contributed by atoms with E-state index in [0.717, 1.165) is 5.69 Å². The molecule has 0 spiro atoms. The van der Waals surface area contributed by atoms with Gasteiger partial charge in [-0.25, -0.2) is 4.98 Å². The number of hydrogen-bond acceptors (Lipinski definition) is 6. The fourth-order valence-electron chi connectivity index (χ4n) is 3.39. The summed E-state index contributed by atoms with van der Waals surface area (Å²) in [6.07, 6.45) is 1.07. The maximum atomic E-state index is 12.8. The summed E-state index contributed by atoms with van der Waals surface area (Å²) in [5.41, 5.74) is 0.674. The summed E-state index contributed by atoms with van der Waals surface area (Å²) in [5, 5.41) is 2.73. The van der Waals surface area contributed by atoms with E-state index in [4.69, 9.17) is 27.9 Å². The van der Waals surface area contributed by atoms with Gasteiger partial charge < -0.3 is 9.64 Å². The van der Waals surface area contributed by atoms with Crippen molar-refractivity contribution < 1.29 is 9.53 Å². The van der Waals surface area contributed by atoms with Gasteiger partial charge in [0.25, 0.3) is 11.5 Å². The van der Waals surface area contributed by atoms with Gasteiger partial charge in [0.2, 0.25) is 0 Å². The highest BCUT2D eigenvalue weighted by Gasteiger charge is 2.26. The minimum Gasteiger partial charge on any atom is -0.479 e. The predicted molar refractivity (Wildman–Crippen MR) is 118 cm³/mol. The van der Waals surface area contributed by atoms with Crippen molar-refractivity contribution in [2.75, 3.05) is 26.2 Å². The number of benzene rings is 1. The van der Waals surface area contributed by atoms with Gasteiger partial charge in [0.1, 0.15) is 5.75 Å². The Balaban J connectivity index is 1.33. The molecule has 0 bridgehead atoms. The highest BCUT2D eigenvalue weighted by atomic mass is 35.5. The van der Waals surface area contributed by atoms with Crippen LogP contribution in [0.15, 0.2) is 40.6 Å². The molecule has 4 rings (SSSR count). The summed E-state index contributed by atoms with van der Waals surface area (Å²) < 4.78 is 7.28. The zero-order valence-corrected chi connectivity index (χ0v) is 18.6. The number of hydrogen-bond donors (Lipinski definition) is 0. The minimum atomic E-state index is -0.654. The average molecular weight is 467 g/mol. The number of carbonyl (C=O) groups is 1. The van der Waals surface area contributed by atoms with Gasteiger partial charge in [0, 0.05) is 55.4 Å². The molecule has 158 valence electrons. The first-order valence-electron chi connectivity index (χ1n) is 9.49. The van der Waals surface area contributed by atoms with Crippen LogP contribution >= 0.6 is 34.5 Å². The molecular formula is C20H20Cl2N4O3S. The first-order valence-corrected chi connectivity index (χ1v) is 11.1. The van der Waals surface area contributed by atoms with Gasteiger partial charge in [0.15, 0.2) is 11.1 Å². The number of rotatable bonds is 5. The molecule has 3 heterocycles.